The molecule has 0 spiro atoms. The van der Waals surface area contributed by atoms with Crippen LogP contribution < -0.4 is 5.32 Å². The van der Waals surface area contributed by atoms with Gasteiger partial charge in [0.15, 0.2) is 0 Å². The minimum Gasteiger partial charge on any atom is -0.371 e. The highest BCUT2D eigenvalue weighted by atomic mass is 32.1. The molecule has 0 radical (unpaired) electrons. The van der Waals surface area contributed by atoms with Gasteiger partial charge in [-0.15, -0.1) is 11.3 Å². The summed E-state index contributed by atoms with van der Waals surface area (Å²) < 4.78 is 5.92. The molecule has 1 N–H and O–H groups in total. The van der Waals surface area contributed by atoms with Crippen molar-refractivity contribution in [3.63, 3.8) is 0 Å². The first kappa shape index (κ1) is 15.9. The van der Waals surface area contributed by atoms with Crippen LogP contribution in [0.4, 0.5) is 0 Å². The third-order valence-corrected chi connectivity index (χ3v) is 5.12. The van der Waals surface area contributed by atoms with Gasteiger partial charge in [-0.25, -0.2) is 4.98 Å². The standard InChI is InChI=1S/C16H28N2OS/c1-5-17-10-12-8-7-9-13-14(12)18-16(20-13)15(11(3)4)19-6-2/h11-12,15,17H,5-10H2,1-4H3. The van der Waals surface area contributed by atoms with E-state index in [1.807, 2.05) is 11.3 Å². The zero-order valence-electron chi connectivity index (χ0n) is 13.2. The van der Waals surface area contributed by atoms with Gasteiger partial charge in [0, 0.05) is 23.9 Å². The lowest BCUT2D eigenvalue weighted by Crippen LogP contribution is -2.24. The summed E-state index contributed by atoms with van der Waals surface area (Å²) in [4.78, 5) is 6.48. The van der Waals surface area contributed by atoms with E-state index < -0.39 is 0 Å². The highest BCUT2D eigenvalue weighted by Crippen LogP contribution is 2.38. The van der Waals surface area contributed by atoms with Gasteiger partial charge in [-0.3, -0.25) is 0 Å². The lowest BCUT2D eigenvalue weighted by molar-refractivity contribution is 0.0291. The summed E-state index contributed by atoms with van der Waals surface area (Å²) in [6, 6.07) is 0. The van der Waals surface area contributed by atoms with Gasteiger partial charge < -0.3 is 10.1 Å². The summed E-state index contributed by atoms with van der Waals surface area (Å²) in [5, 5.41) is 4.67. The zero-order chi connectivity index (χ0) is 14.5. The van der Waals surface area contributed by atoms with Crippen molar-refractivity contribution in [2.45, 2.75) is 59.0 Å². The number of nitrogens with zero attached hydrogens (tertiary/aromatic N) is 1. The number of fused-ring (bicyclic) bond motifs is 1. The van der Waals surface area contributed by atoms with Crippen LogP contribution in [0, 0.1) is 5.92 Å². The summed E-state index contributed by atoms with van der Waals surface area (Å²) >= 11 is 1.89. The van der Waals surface area contributed by atoms with E-state index in [9.17, 15) is 0 Å². The van der Waals surface area contributed by atoms with E-state index in [1.54, 1.807) is 0 Å². The third kappa shape index (κ3) is 3.60. The molecule has 3 nitrogen and oxygen atoms in total. The molecule has 1 aromatic heterocycles. The van der Waals surface area contributed by atoms with Gasteiger partial charge in [-0.05, 0) is 38.6 Å². The van der Waals surface area contributed by atoms with E-state index in [2.05, 4.69) is 33.0 Å². The van der Waals surface area contributed by atoms with Crippen LogP contribution in [0.2, 0.25) is 0 Å². The summed E-state index contributed by atoms with van der Waals surface area (Å²) in [7, 11) is 0. The minimum atomic E-state index is 0.162. The number of likely N-dealkylation sites (N-methyl/N-ethyl adjacent to an activating group) is 1. The van der Waals surface area contributed by atoms with Crippen molar-refractivity contribution in [3.05, 3.63) is 15.6 Å². The molecule has 0 amide bonds. The van der Waals surface area contributed by atoms with Gasteiger partial charge in [0.25, 0.3) is 0 Å². The Balaban J connectivity index is 2.19. The molecule has 1 aromatic rings. The minimum absolute atomic E-state index is 0.162. The first-order valence-electron chi connectivity index (χ1n) is 7.99. The number of aromatic nitrogens is 1. The van der Waals surface area contributed by atoms with Crippen molar-refractivity contribution in [3.8, 4) is 0 Å². The van der Waals surface area contributed by atoms with E-state index in [-0.39, 0.29) is 6.10 Å². The van der Waals surface area contributed by atoms with Gasteiger partial charge in [0.2, 0.25) is 0 Å². The van der Waals surface area contributed by atoms with E-state index in [0.717, 1.165) is 19.7 Å². The molecule has 2 atom stereocenters. The van der Waals surface area contributed by atoms with Crippen LogP contribution in [-0.4, -0.2) is 24.7 Å². The molecule has 4 heteroatoms. The predicted octanol–water partition coefficient (Wildman–Crippen LogP) is 3.91. The molecule has 0 saturated carbocycles. The number of ether oxygens (including phenoxy) is 1. The maximum Gasteiger partial charge on any atom is 0.122 e. The Labute approximate surface area is 127 Å². The number of aryl methyl sites for hydroxylation is 1. The van der Waals surface area contributed by atoms with Gasteiger partial charge in [-0.1, -0.05) is 20.8 Å². The molecule has 20 heavy (non-hydrogen) atoms. The van der Waals surface area contributed by atoms with Crippen molar-refractivity contribution >= 4 is 11.3 Å². The van der Waals surface area contributed by atoms with Crippen LogP contribution in [0.1, 0.15) is 68.1 Å². The van der Waals surface area contributed by atoms with Crippen LogP contribution in [0.3, 0.4) is 0 Å². The van der Waals surface area contributed by atoms with Gasteiger partial charge in [0.05, 0.1) is 5.69 Å². The fourth-order valence-corrected chi connectivity index (χ4v) is 4.31. The molecular formula is C16H28N2OS. The molecule has 2 unspecified atom stereocenters. The first-order valence-corrected chi connectivity index (χ1v) is 8.80. The average Bonchev–Trinajstić information content (AvgIpc) is 2.86. The number of hydrogen-bond acceptors (Lipinski definition) is 4. The molecule has 0 aliphatic heterocycles. The molecule has 0 saturated heterocycles. The fraction of sp³-hybridized carbons (Fsp3) is 0.812. The monoisotopic (exact) mass is 296 g/mol. The lowest BCUT2D eigenvalue weighted by atomic mass is 9.91. The number of rotatable bonds is 7. The van der Waals surface area contributed by atoms with Crippen molar-refractivity contribution < 1.29 is 4.74 Å². The Morgan fingerprint density at radius 2 is 2.20 bits per heavy atom. The zero-order valence-corrected chi connectivity index (χ0v) is 14.1. The van der Waals surface area contributed by atoms with Crippen LogP contribution in [0.5, 0.6) is 0 Å². The van der Waals surface area contributed by atoms with Crippen LogP contribution >= 0.6 is 11.3 Å². The molecular weight excluding hydrogens is 268 g/mol. The molecule has 1 aliphatic carbocycles. The molecule has 0 bridgehead atoms. The summed E-state index contributed by atoms with van der Waals surface area (Å²) in [5.74, 6) is 1.08. The second-order valence-electron chi connectivity index (χ2n) is 5.88. The lowest BCUT2D eigenvalue weighted by Gasteiger charge is -2.21. The SMILES string of the molecule is CCNCC1CCCc2sc(C(OCC)C(C)C)nc21. The Hall–Kier alpha value is -0.450. The number of thiazole rings is 1. The Morgan fingerprint density at radius 3 is 2.85 bits per heavy atom. The Bertz CT molecular complexity index is 417. The van der Waals surface area contributed by atoms with Crippen molar-refractivity contribution in [1.82, 2.24) is 10.3 Å². The van der Waals surface area contributed by atoms with Gasteiger partial charge >= 0.3 is 0 Å². The molecule has 114 valence electrons. The normalized spacial score (nSPS) is 20.1. The maximum absolute atomic E-state index is 5.92. The maximum atomic E-state index is 5.92. The third-order valence-electron chi connectivity index (χ3n) is 3.92. The summed E-state index contributed by atoms with van der Waals surface area (Å²) in [5.41, 5.74) is 1.35. The van der Waals surface area contributed by atoms with Crippen LogP contribution in [0.25, 0.3) is 0 Å². The summed E-state index contributed by atoms with van der Waals surface area (Å²) in [6.45, 7) is 11.5. The fourth-order valence-electron chi connectivity index (χ4n) is 2.89. The first-order chi connectivity index (χ1) is 9.67. The largest absolute Gasteiger partial charge is 0.371 e. The van der Waals surface area contributed by atoms with Crippen molar-refractivity contribution in [2.75, 3.05) is 19.7 Å². The highest BCUT2D eigenvalue weighted by molar-refractivity contribution is 7.11. The van der Waals surface area contributed by atoms with Crippen molar-refractivity contribution in [2.24, 2.45) is 5.92 Å². The number of nitrogens with one attached hydrogen (secondary N) is 1. The summed E-state index contributed by atoms with van der Waals surface area (Å²) in [6.07, 6.45) is 3.93. The second-order valence-corrected chi connectivity index (χ2v) is 6.99. The molecule has 2 rings (SSSR count). The Kier molecular flexibility index (Phi) is 6.00. The van der Waals surface area contributed by atoms with Gasteiger partial charge in [0.1, 0.15) is 11.1 Å². The molecule has 1 aliphatic rings. The molecule has 0 aromatic carbocycles. The number of hydrogen-bond donors (Lipinski definition) is 1. The molecule has 1 heterocycles. The average molecular weight is 296 g/mol. The Morgan fingerprint density at radius 1 is 1.40 bits per heavy atom. The smallest absolute Gasteiger partial charge is 0.122 e. The van der Waals surface area contributed by atoms with E-state index in [0.29, 0.717) is 11.8 Å². The quantitative estimate of drug-likeness (QED) is 0.828. The van der Waals surface area contributed by atoms with E-state index in [1.165, 1.54) is 34.8 Å². The topological polar surface area (TPSA) is 34.1 Å². The van der Waals surface area contributed by atoms with Crippen LogP contribution in [-0.2, 0) is 11.2 Å². The van der Waals surface area contributed by atoms with Gasteiger partial charge in [-0.2, -0.15) is 0 Å². The van der Waals surface area contributed by atoms with Crippen molar-refractivity contribution in [1.29, 1.82) is 0 Å². The highest BCUT2D eigenvalue weighted by Gasteiger charge is 2.28. The molecule has 0 fully saturated rings. The van der Waals surface area contributed by atoms with Crippen LogP contribution in [0.15, 0.2) is 0 Å². The van der Waals surface area contributed by atoms with E-state index >= 15 is 0 Å². The van der Waals surface area contributed by atoms with E-state index in [4.69, 9.17) is 9.72 Å². The predicted molar refractivity (Wildman–Crippen MR) is 85.5 cm³/mol. The second kappa shape index (κ2) is 7.53.